The molecule has 262 valence electrons. The lowest BCUT2D eigenvalue weighted by Gasteiger charge is -2.13. The molecule has 0 saturated heterocycles. The van der Waals surface area contributed by atoms with Gasteiger partial charge in [0.1, 0.15) is 5.65 Å². The monoisotopic (exact) mass is 716 g/mol. The minimum absolute atomic E-state index is 0.801. The molecule has 11 rings (SSSR count). The van der Waals surface area contributed by atoms with Gasteiger partial charge in [-0.2, -0.15) is 0 Å². The Morgan fingerprint density at radius 1 is 0.339 bits per heavy atom. The van der Waals surface area contributed by atoms with Gasteiger partial charge in [0.15, 0.2) is 0 Å². The van der Waals surface area contributed by atoms with Crippen molar-refractivity contribution in [3.05, 3.63) is 195 Å². The number of pyridine rings is 4. The lowest BCUT2D eigenvalue weighted by molar-refractivity contribution is 1.14. The third kappa shape index (κ3) is 5.19. The summed E-state index contributed by atoms with van der Waals surface area (Å²) in [6, 6.07) is 61.7. The molecular weight excluding hydrogens is 685 g/mol. The number of rotatable bonds is 6. The van der Waals surface area contributed by atoms with Crippen molar-refractivity contribution in [3.8, 4) is 56.4 Å². The summed E-state index contributed by atoms with van der Waals surface area (Å²) in [5.41, 5.74) is 14.3. The third-order valence-corrected chi connectivity index (χ3v) is 10.7. The number of hydrogen-bond donors (Lipinski definition) is 0. The van der Waals surface area contributed by atoms with Crippen LogP contribution < -0.4 is 0 Å². The minimum atomic E-state index is 0.801. The van der Waals surface area contributed by atoms with Crippen LogP contribution in [-0.4, -0.2) is 29.1 Å². The number of benzene rings is 5. The van der Waals surface area contributed by atoms with Crippen LogP contribution in [0.15, 0.2) is 195 Å². The number of aromatic nitrogens is 6. The lowest BCUT2D eigenvalue weighted by atomic mass is 9.98. The van der Waals surface area contributed by atoms with E-state index in [0.29, 0.717) is 0 Å². The van der Waals surface area contributed by atoms with Crippen LogP contribution >= 0.6 is 0 Å². The van der Waals surface area contributed by atoms with E-state index in [1.54, 1.807) is 12.4 Å². The van der Waals surface area contributed by atoms with Gasteiger partial charge in [-0.05, 0) is 119 Å². The Balaban J connectivity index is 1.09. The first kappa shape index (κ1) is 31.8. The van der Waals surface area contributed by atoms with E-state index in [9.17, 15) is 0 Å². The second-order valence-electron chi connectivity index (χ2n) is 13.9. The zero-order valence-corrected chi connectivity index (χ0v) is 30.2. The van der Waals surface area contributed by atoms with E-state index in [1.807, 2.05) is 54.7 Å². The molecule has 0 amide bonds. The number of para-hydroxylation sites is 2. The van der Waals surface area contributed by atoms with Gasteiger partial charge in [-0.3, -0.25) is 14.5 Å². The van der Waals surface area contributed by atoms with Crippen molar-refractivity contribution >= 4 is 43.7 Å². The Labute approximate surface area is 322 Å². The number of hydrogen-bond acceptors (Lipinski definition) is 4. The molecule has 0 bridgehead atoms. The summed E-state index contributed by atoms with van der Waals surface area (Å²) in [7, 11) is 0. The van der Waals surface area contributed by atoms with Gasteiger partial charge in [0.2, 0.25) is 0 Å². The molecule has 0 N–H and O–H groups in total. The molecule has 0 atom stereocenters. The quantitative estimate of drug-likeness (QED) is 0.172. The fourth-order valence-electron chi connectivity index (χ4n) is 8.20. The predicted molar refractivity (Wildman–Crippen MR) is 228 cm³/mol. The van der Waals surface area contributed by atoms with E-state index in [0.717, 1.165) is 78.4 Å². The maximum Gasteiger partial charge on any atom is 0.145 e. The summed E-state index contributed by atoms with van der Waals surface area (Å²) >= 11 is 0. The van der Waals surface area contributed by atoms with Crippen molar-refractivity contribution in [1.82, 2.24) is 29.1 Å². The standard InChI is InChI=1S/C50H32N6/c1-2-14-36(15-3-1)56-47-25-24-34(30-41(47)39-19-12-28-53-50(39)56)38-18-11-23-48-49(38)40-17-4-5-22-46(40)55(48)37-16-10-13-33(29-37)35-31-44(42-20-6-8-26-51-42)54-45(32-35)43-21-7-9-27-52-43/h1-32H. The van der Waals surface area contributed by atoms with Crippen LogP contribution in [0.2, 0.25) is 0 Å². The van der Waals surface area contributed by atoms with Crippen molar-refractivity contribution in [2.75, 3.05) is 0 Å². The summed E-state index contributed by atoms with van der Waals surface area (Å²) in [4.78, 5) is 19.1. The Kier molecular flexibility index (Phi) is 7.38. The Morgan fingerprint density at radius 3 is 1.79 bits per heavy atom. The minimum Gasteiger partial charge on any atom is -0.309 e. The second kappa shape index (κ2) is 13.0. The summed E-state index contributed by atoms with van der Waals surface area (Å²) in [6.07, 6.45) is 5.48. The first-order chi connectivity index (χ1) is 27.8. The molecule has 6 heteroatoms. The first-order valence-electron chi connectivity index (χ1n) is 18.7. The fourth-order valence-corrected chi connectivity index (χ4v) is 8.20. The van der Waals surface area contributed by atoms with Crippen LogP contribution in [0.4, 0.5) is 0 Å². The molecule has 0 fully saturated rings. The molecule has 0 aliphatic heterocycles. The van der Waals surface area contributed by atoms with Crippen molar-refractivity contribution in [2.45, 2.75) is 0 Å². The predicted octanol–water partition coefficient (Wildman–Crippen LogP) is 12.1. The Bertz CT molecular complexity index is 3180. The largest absolute Gasteiger partial charge is 0.309 e. The van der Waals surface area contributed by atoms with Crippen LogP contribution in [-0.2, 0) is 0 Å². The van der Waals surface area contributed by atoms with Gasteiger partial charge >= 0.3 is 0 Å². The summed E-state index contributed by atoms with van der Waals surface area (Å²) < 4.78 is 4.65. The molecule has 56 heavy (non-hydrogen) atoms. The molecule has 0 aliphatic carbocycles. The third-order valence-electron chi connectivity index (χ3n) is 10.7. The van der Waals surface area contributed by atoms with Crippen LogP contribution in [0, 0.1) is 0 Å². The summed E-state index contributed by atoms with van der Waals surface area (Å²) in [6.45, 7) is 0. The molecule has 0 spiro atoms. The van der Waals surface area contributed by atoms with Gasteiger partial charge in [0, 0.05) is 51.5 Å². The van der Waals surface area contributed by atoms with Gasteiger partial charge in [-0.15, -0.1) is 0 Å². The van der Waals surface area contributed by atoms with Gasteiger partial charge in [-0.1, -0.05) is 78.9 Å². The zero-order valence-electron chi connectivity index (χ0n) is 30.2. The van der Waals surface area contributed by atoms with E-state index >= 15 is 0 Å². The molecule has 6 nitrogen and oxygen atoms in total. The van der Waals surface area contributed by atoms with E-state index in [-0.39, 0.29) is 0 Å². The Morgan fingerprint density at radius 2 is 1.00 bits per heavy atom. The average molecular weight is 717 g/mol. The highest BCUT2D eigenvalue weighted by Crippen LogP contribution is 2.41. The SMILES string of the molecule is c1ccc(-n2c3ccc(-c4cccc5c4c4ccccc4n5-c4cccc(-c5cc(-c6ccccn6)nc(-c6ccccn6)c5)c4)cc3c3cccnc32)cc1. The first-order valence-corrected chi connectivity index (χ1v) is 18.7. The van der Waals surface area contributed by atoms with Crippen molar-refractivity contribution < 1.29 is 0 Å². The van der Waals surface area contributed by atoms with E-state index in [2.05, 4.69) is 146 Å². The molecule has 6 aromatic heterocycles. The highest BCUT2D eigenvalue weighted by atomic mass is 15.0. The lowest BCUT2D eigenvalue weighted by Crippen LogP contribution is -1.96. The Hall–Kier alpha value is -7.70. The normalized spacial score (nSPS) is 11.6. The smallest absolute Gasteiger partial charge is 0.145 e. The molecule has 0 aliphatic rings. The average Bonchev–Trinajstić information content (AvgIpc) is 3.80. The zero-order chi connectivity index (χ0) is 37.0. The van der Waals surface area contributed by atoms with Crippen LogP contribution in [0.3, 0.4) is 0 Å². The highest BCUT2D eigenvalue weighted by Gasteiger charge is 2.19. The summed E-state index contributed by atoms with van der Waals surface area (Å²) in [5, 5.41) is 4.73. The molecule has 0 radical (unpaired) electrons. The van der Waals surface area contributed by atoms with E-state index < -0.39 is 0 Å². The topological polar surface area (TPSA) is 61.4 Å². The van der Waals surface area contributed by atoms with Gasteiger partial charge in [0.25, 0.3) is 0 Å². The number of nitrogens with zero attached hydrogens (tertiary/aromatic N) is 6. The molecular formula is C50H32N6. The van der Waals surface area contributed by atoms with E-state index in [1.165, 1.54) is 21.7 Å². The molecule has 5 aromatic carbocycles. The fraction of sp³-hybridized carbons (Fsp3) is 0. The van der Waals surface area contributed by atoms with Gasteiger partial charge in [-0.25, -0.2) is 9.97 Å². The van der Waals surface area contributed by atoms with Crippen LogP contribution in [0.1, 0.15) is 0 Å². The van der Waals surface area contributed by atoms with E-state index in [4.69, 9.17) is 9.97 Å². The van der Waals surface area contributed by atoms with Crippen molar-refractivity contribution in [2.24, 2.45) is 0 Å². The summed E-state index contributed by atoms with van der Waals surface area (Å²) in [5.74, 6) is 0. The van der Waals surface area contributed by atoms with Crippen LogP contribution in [0.25, 0.3) is 100 Å². The molecule has 0 saturated carbocycles. The highest BCUT2D eigenvalue weighted by molar-refractivity contribution is 6.17. The second-order valence-corrected chi connectivity index (χ2v) is 13.9. The van der Waals surface area contributed by atoms with Crippen LogP contribution in [0.5, 0.6) is 0 Å². The molecule has 0 unspecified atom stereocenters. The maximum atomic E-state index is 5.01. The van der Waals surface area contributed by atoms with Gasteiger partial charge in [0.05, 0.1) is 39.3 Å². The molecule has 11 aromatic rings. The maximum absolute atomic E-state index is 5.01. The number of fused-ring (bicyclic) bond motifs is 6. The molecule has 6 heterocycles. The van der Waals surface area contributed by atoms with Crippen molar-refractivity contribution in [3.63, 3.8) is 0 Å². The van der Waals surface area contributed by atoms with Crippen molar-refractivity contribution in [1.29, 1.82) is 0 Å². The van der Waals surface area contributed by atoms with Gasteiger partial charge < -0.3 is 4.57 Å².